The van der Waals surface area contributed by atoms with Crippen LogP contribution in [0.1, 0.15) is 28.2 Å². The molecule has 4 heteroatoms. The van der Waals surface area contributed by atoms with Crippen LogP contribution < -0.4 is 0 Å². The second-order valence-corrected chi connectivity index (χ2v) is 6.88. The van der Waals surface area contributed by atoms with Crippen LogP contribution in [0.25, 0.3) is 0 Å². The molecule has 3 aliphatic carbocycles. The van der Waals surface area contributed by atoms with Crippen molar-refractivity contribution < 1.29 is 14.4 Å². The van der Waals surface area contributed by atoms with E-state index in [0.29, 0.717) is 0 Å². The van der Waals surface area contributed by atoms with E-state index in [1.807, 2.05) is 48.5 Å². The first-order valence-corrected chi connectivity index (χ1v) is 8.09. The molecule has 2 atom stereocenters. The second-order valence-electron chi connectivity index (χ2n) is 6.88. The average Bonchev–Trinajstić information content (AvgIpc) is 2.87. The molecule has 0 aromatic heterocycles. The van der Waals surface area contributed by atoms with E-state index in [1.54, 1.807) is 0 Å². The Morgan fingerprint density at radius 3 is 2.00 bits per heavy atom. The van der Waals surface area contributed by atoms with E-state index >= 15 is 0 Å². The summed E-state index contributed by atoms with van der Waals surface area (Å²) in [5.74, 6) is -1.71. The van der Waals surface area contributed by atoms with Crippen molar-refractivity contribution in [3.63, 3.8) is 0 Å². The molecule has 2 aromatic carbocycles. The summed E-state index contributed by atoms with van der Waals surface area (Å²) < 4.78 is 0. The molecule has 1 aliphatic heterocycles. The molecule has 4 nitrogen and oxygen atoms in total. The zero-order valence-electron chi connectivity index (χ0n) is 13.1. The van der Waals surface area contributed by atoms with Gasteiger partial charge in [-0.3, -0.25) is 14.5 Å². The number of carbonyl (C=O) groups excluding carboxylic acids is 3. The molecule has 118 valence electrons. The summed E-state index contributed by atoms with van der Waals surface area (Å²) in [4.78, 5) is 39.4. The van der Waals surface area contributed by atoms with Gasteiger partial charge in [0, 0.05) is 13.0 Å². The summed E-state index contributed by atoms with van der Waals surface area (Å²) in [5, 5.41) is 0. The number of likely N-dealkylation sites (tertiary alicyclic amines) is 1. The first kappa shape index (κ1) is 13.7. The van der Waals surface area contributed by atoms with E-state index in [9.17, 15) is 14.4 Å². The van der Waals surface area contributed by atoms with Crippen molar-refractivity contribution in [3.05, 3.63) is 70.8 Å². The monoisotopic (exact) mass is 317 g/mol. The highest BCUT2D eigenvalue weighted by atomic mass is 16.2. The van der Waals surface area contributed by atoms with Gasteiger partial charge in [0.05, 0.1) is 17.3 Å². The van der Waals surface area contributed by atoms with Gasteiger partial charge < -0.3 is 4.79 Å². The van der Waals surface area contributed by atoms with Gasteiger partial charge in [-0.25, -0.2) is 0 Å². The highest BCUT2D eigenvalue weighted by Crippen LogP contribution is 2.62. The number of rotatable bonds is 1. The number of benzene rings is 2. The number of hydrogen-bond donors (Lipinski definition) is 0. The summed E-state index contributed by atoms with van der Waals surface area (Å²) in [6, 6.07) is 15.5. The minimum atomic E-state index is -1.07. The first-order chi connectivity index (χ1) is 11.6. The van der Waals surface area contributed by atoms with Crippen LogP contribution in [0.4, 0.5) is 0 Å². The molecule has 0 N–H and O–H groups in total. The minimum Gasteiger partial charge on any atom is -0.302 e. The molecule has 0 unspecified atom stereocenters. The molecule has 6 rings (SSSR count). The zero-order valence-corrected chi connectivity index (χ0v) is 13.1. The second kappa shape index (κ2) is 4.20. The predicted octanol–water partition coefficient (Wildman–Crippen LogP) is 1.86. The number of imide groups is 1. The highest BCUT2D eigenvalue weighted by Gasteiger charge is 2.67. The van der Waals surface area contributed by atoms with Gasteiger partial charge in [-0.2, -0.15) is 0 Å². The van der Waals surface area contributed by atoms with Crippen molar-refractivity contribution in [1.29, 1.82) is 0 Å². The minimum absolute atomic E-state index is 0.161. The Morgan fingerprint density at radius 1 is 0.917 bits per heavy atom. The SMILES string of the molecule is CN1C(=O)[C@@H]2C3c4ccccc4C(C=O)(c4ccccc43)[C@H]2C1=O. The van der Waals surface area contributed by atoms with Crippen molar-refractivity contribution in [2.45, 2.75) is 11.3 Å². The Hall–Kier alpha value is -2.75. The van der Waals surface area contributed by atoms with E-state index in [-0.39, 0.29) is 17.7 Å². The molecular formula is C20H15NO3. The molecule has 1 fully saturated rings. The quantitative estimate of drug-likeness (QED) is 0.596. The molecule has 2 aromatic rings. The van der Waals surface area contributed by atoms with Crippen molar-refractivity contribution in [3.8, 4) is 0 Å². The van der Waals surface area contributed by atoms with Gasteiger partial charge in [0.2, 0.25) is 11.8 Å². The van der Waals surface area contributed by atoms with E-state index < -0.39 is 17.3 Å². The largest absolute Gasteiger partial charge is 0.302 e. The number of amides is 2. The maximum absolute atomic E-state index is 12.9. The Labute approximate surface area is 139 Å². The van der Waals surface area contributed by atoms with Gasteiger partial charge in [-0.15, -0.1) is 0 Å². The van der Waals surface area contributed by atoms with Crippen LogP contribution in [0.15, 0.2) is 48.5 Å². The van der Waals surface area contributed by atoms with Crippen LogP contribution in [0.5, 0.6) is 0 Å². The lowest BCUT2D eigenvalue weighted by Gasteiger charge is -2.51. The molecular weight excluding hydrogens is 302 g/mol. The summed E-state index contributed by atoms with van der Waals surface area (Å²) in [5.41, 5.74) is 2.69. The number of hydrogen-bond acceptors (Lipinski definition) is 3. The maximum Gasteiger partial charge on any atom is 0.234 e. The van der Waals surface area contributed by atoms with Gasteiger partial charge in [-0.05, 0) is 22.3 Å². The Kier molecular flexibility index (Phi) is 2.39. The third kappa shape index (κ3) is 1.23. The van der Waals surface area contributed by atoms with Crippen LogP contribution in [0.3, 0.4) is 0 Å². The van der Waals surface area contributed by atoms with Crippen LogP contribution >= 0.6 is 0 Å². The number of carbonyl (C=O) groups is 3. The molecule has 2 amide bonds. The van der Waals surface area contributed by atoms with Crippen molar-refractivity contribution in [2.75, 3.05) is 7.05 Å². The Bertz CT molecular complexity index is 884. The predicted molar refractivity (Wildman–Crippen MR) is 86.3 cm³/mol. The molecule has 0 spiro atoms. The normalized spacial score (nSPS) is 32.4. The lowest BCUT2D eigenvalue weighted by molar-refractivity contribution is -0.139. The smallest absolute Gasteiger partial charge is 0.234 e. The third-order valence-corrected chi connectivity index (χ3v) is 6.09. The fourth-order valence-corrected chi connectivity index (χ4v) is 5.17. The van der Waals surface area contributed by atoms with E-state index in [2.05, 4.69) is 0 Å². The van der Waals surface area contributed by atoms with Crippen molar-refractivity contribution in [2.24, 2.45) is 11.8 Å². The first-order valence-electron chi connectivity index (χ1n) is 8.09. The van der Waals surface area contributed by atoms with Gasteiger partial charge in [0.15, 0.2) is 0 Å². The molecule has 1 saturated heterocycles. The molecule has 0 saturated carbocycles. The fourth-order valence-electron chi connectivity index (χ4n) is 5.17. The Balaban J connectivity index is 1.96. The average molecular weight is 317 g/mol. The van der Waals surface area contributed by atoms with E-state index in [4.69, 9.17) is 0 Å². The fraction of sp³-hybridized carbons (Fsp3) is 0.250. The molecule has 2 bridgehead atoms. The summed E-state index contributed by atoms with van der Waals surface area (Å²) >= 11 is 0. The molecule has 24 heavy (non-hydrogen) atoms. The van der Waals surface area contributed by atoms with Gasteiger partial charge in [-0.1, -0.05) is 48.5 Å². The molecule has 0 radical (unpaired) electrons. The highest BCUT2D eigenvalue weighted by molar-refractivity contribution is 6.10. The molecule has 4 aliphatic rings. The maximum atomic E-state index is 12.9. The van der Waals surface area contributed by atoms with Crippen molar-refractivity contribution in [1.82, 2.24) is 4.90 Å². The molecule has 1 heterocycles. The standard InChI is InChI=1S/C20H15NO3/c1-21-18(23)16-15-11-6-2-4-8-13(11)20(10-22,17(16)19(21)24)14-9-5-3-7-12(14)15/h2-10,15-17H,1H3/t15?,16-,17-,20?/m1/s1. The van der Waals surface area contributed by atoms with Gasteiger partial charge >= 0.3 is 0 Å². The lowest BCUT2D eigenvalue weighted by atomic mass is 9.48. The zero-order chi connectivity index (χ0) is 16.6. The van der Waals surface area contributed by atoms with Gasteiger partial charge in [0.25, 0.3) is 0 Å². The third-order valence-electron chi connectivity index (χ3n) is 6.09. The van der Waals surface area contributed by atoms with E-state index in [1.165, 1.54) is 11.9 Å². The summed E-state index contributed by atoms with van der Waals surface area (Å²) in [6.45, 7) is 0. The topological polar surface area (TPSA) is 54.5 Å². The number of nitrogens with zero attached hydrogens (tertiary/aromatic N) is 1. The number of aldehydes is 1. The van der Waals surface area contributed by atoms with E-state index in [0.717, 1.165) is 28.5 Å². The van der Waals surface area contributed by atoms with Crippen LogP contribution in [0.2, 0.25) is 0 Å². The lowest BCUT2D eigenvalue weighted by Crippen LogP contribution is -2.54. The van der Waals surface area contributed by atoms with Gasteiger partial charge in [0.1, 0.15) is 6.29 Å². The summed E-state index contributed by atoms with van der Waals surface area (Å²) in [6.07, 6.45) is 0.891. The summed E-state index contributed by atoms with van der Waals surface area (Å²) in [7, 11) is 1.52. The van der Waals surface area contributed by atoms with Crippen LogP contribution in [-0.4, -0.2) is 30.0 Å². The van der Waals surface area contributed by atoms with Crippen LogP contribution in [-0.2, 0) is 19.8 Å². The van der Waals surface area contributed by atoms with Crippen LogP contribution in [0, 0.1) is 11.8 Å². The van der Waals surface area contributed by atoms with Crippen molar-refractivity contribution >= 4 is 18.1 Å². The Morgan fingerprint density at radius 2 is 1.46 bits per heavy atom.